The van der Waals surface area contributed by atoms with Gasteiger partial charge in [0.15, 0.2) is 0 Å². The van der Waals surface area contributed by atoms with Crippen LogP contribution in [0, 0.1) is 5.92 Å². The van der Waals surface area contributed by atoms with Crippen LogP contribution in [-0.4, -0.2) is 17.9 Å². The van der Waals surface area contributed by atoms with E-state index in [0.717, 1.165) is 12.0 Å². The molecular weight excluding hydrogens is 242 g/mol. The lowest BCUT2D eigenvalue weighted by Crippen LogP contribution is -2.48. The summed E-state index contributed by atoms with van der Waals surface area (Å²) in [6.45, 7) is 5.83. The number of nitrogens with one attached hydrogen (secondary N) is 1. The van der Waals surface area contributed by atoms with Crippen molar-refractivity contribution < 1.29 is 14.7 Å². The Balaban J connectivity index is 2.72. The zero-order valence-electron chi connectivity index (χ0n) is 11.6. The first-order chi connectivity index (χ1) is 8.93. The quantitative estimate of drug-likeness (QED) is 0.836. The van der Waals surface area contributed by atoms with E-state index in [2.05, 4.69) is 5.32 Å². The van der Waals surface area contributed by atoms with Crippen molar-refractivity contribution in [1.82, 2.24) is 5.32 Å². The first kappa shape index (κ1) is 15.2. The first-order valence-corrected chi connectivity index (χ1v) is 6.54. The van der Waals surface area contributed by atoms with Crippen LogP contribution in [0.1, 0.15) is 43.1 Å². The largest absolute Gasteiger partial charge is 0.548 e. The monoisotopic (exact) mass is 262 g/mol. The van der Waals surface area contributed by atoms with Gasteiger partial charge in [0.1, 0.15) is 0 Å². The molecule has 0 aromatic heterocycles. The molecule has 0 spiro atoms. The Hall–Kier alpha value is -1.84. The van der Waals surface area contributed by atoms with Crippen LogP contribution in [0.5, 0.6) is 0 Å². The maximum absolute atomic E-state index is 11.9. The van der Waals surface area contributed by atoms with Gasteiger partial charge in [-0.25, -0.2) is 0 Å². The van der Waals surface area contributed by atoms with E-state index in [1.54, 1.807) is 12.1 Å². The Morgan fingerprint density at radius 2 is 1.79 bits per heavy atom. The number of carboxylic acids is 1. The molecule has 0 aliphatic heterocycles. The van der Waals surface area contributed by atoms with Gasteiger partial charge in [-0.05, 0) is 36.5 Å². The molecular formula is C15H20NO3-. The topological polar surface area (TPSA) is 69.2 Å². The molecule has 1 atom stereocenters. The van der Waals surface area contributed by atoms with Crippen molar-refractivity contribution in [3.63, 3.8) is 0 Å². The normalized spacial score (nSPS) is 12.2. The number of carbonyl (C=O) groups excluding carboxylic acids is 2. The van der Waals surface area contributed by atoms with Crippen LogP contribution in [-0.2, 0) is 11.2 Å². The van der Waals surface area contributed by atoms with Crippen LogP contribution in [0.25, 0.3) is 0 Å². The number of aryl methyl sites for hydroxylation is 1. The summed E-state index contributed by atoms with van der Waals surface area (Å²) >= 11 is 0. The smallest absolute Gasteiger partial charge is 0.251 e. The van der Waals surface area contributed by atoms with Crippen molar-refractivity contribution in [1.29, 1.82) is 0 Å². The highest BCUT2D eigenvalue weighted by molar-refractivity contribution is 5.96. The van der Waals surface area contributed by atoms with Gasteiger partial charge < -0.3 is 15.2 Å². The van der Waals surface area contributed by atoms with Gasteiger partial charge in [-0.3, -0.25) is 4.79 Å². The molecule has 0 heterocycles. The van der Waals surface area contributed by atoms with Gasteiger partial charge in [-0.1, -0.05) is 32.9 Å². The molecule has 104 valence electrons. The van der Waals surface area contributed by atoms with Crippen molar-refractivity contribution in [2.45, 2.75) is 39.7 Å². The lowest BCUT2D eigenvalue weighted by atomic mass is 10.0. The van der Waals surface area contributed by atoms with E-state index < -0.39 is 12.0 Å². The molecule has 1 aromatic carbocycles. The SMILES string of the molecule is CCc1ccc(C(=O)N[C@H](CC(C)C)C(=O)[O-])cc1. The Morgan fingerprint density at radius 3 is 2.21 bits per heavy atom. The molecule has 4 heteroatoms. The molecule has 0 bridgehead atoms. The highest BCUT2D eigenvalue weighted by atomic mass is 16.4. The van der Waals surface area contributed by atoms with E-state index in [9.17, 15) is 14.7 Å². The fraction of sp³-hybridized carbons (Fsp3) is 0.467. The minimum absolute atomic E-state index is 0.172. The summed E-state index contributed by atoms with van der Waals surface area (Å²) in [7, 11) is 0. The van der Waals surface area contributed by atoms with Gasteiger partial charge >= 0.3 is 0 Å². The molecule has 0 fully saturated rings. The molecule has 0 aliphatic rings. The third-order valence-corrected chi connectivity index (χ3v) is 2.92. The number of hydrogen-bond donors (Lipinski definition) is 1. The summed E-state index contributed by atoms with van der Waals surface area (Å²) in [6, 6.07) is 6.20. The predicted molar refractivity (Wildman–Crippen MR) is 71.5 cm³/mol. The standard InChI is InChI=1S/C15H21NO3/c1-4-11-5-7-12(8-6-11)14(17)16-13(15(18)19)9-10(2)3/h5-8,10,13H,4,9H2,1-3H3,(H,16,17)(H,18,19)/p-1/t13-/m1/s1. The average molecular weight is 262 g/mol. The van der Waals surface area contributed by atoms with Crippen LogP contribution < -0.4 is 10.4 Å². The zero-order valence-corrected chi connectivity index (χ0v) is 11.6. The van der Waals surface area contributed by atoms with Gasteiger partial charge in [0.05, 0.1) is 12.0 Å². The molecule has 4 nitrogen and oxygen atoms in total. The van der Waals surface area contributed by atoms with Crippen molar-refractivity contribution in [2.24, 2.45) is 5.92 Å². The number of aliphatic carboxylic acids is 1. The van der Waals surface area contributed by atoms with E-state index in [1.165, 1.54) is 0 Å². The van der Waals surface area contributed by atoms with Crippen LogP contribution >= 0.6 is 0 Å². The highest BCUT2D eigenvalue weighted by Crippen LogP contribution is 2.08. The second-order valence-corrected chi connectivity index (χ2v) is 5.03. The molecule has 1 amide bonds. The lowest BCUT2D eigenvalue weighted by Gasteiger charge is -2.21. The number of rotatable bonds is 6. The lowest BCUT2D eigenvalue weighted by molar-refractivity contribution is -0.308. The van der Waals surface area contributed by atoms with Crippen LogP contribution in [0.4, 0.5) is 0 Å². The van der Waals surface area contributed by atoms with Gasteiger partial charge in [-0.2, -0.15) is 0 Å². The Kier molecular flexibility index (Phi) is 5.55. The molecule has 1 rings (SSSR count). The number of amides is 1. The summed E-state index contributed by atoms with van der Waals surface area (Å²) in [5.41, 5.74) is 1.60. The van der Waals surface area contributed by atoms with E-state index >= 15 is 0 Å². The average Bonchev–Trinajstić information content (AvgIpc) is 2.37. The maximum Gasteiger partial charge on any atom is 0.251 e. The predicted octanol–water partition coefficient (Wildman–Crippen LogP) is 1.14. The molecule has 1 N–H and O–H groups in total. The van der Waals surface area contributed by atoms with E-state index in [-0.39, 0.29) is 11.8 Å². The number of carboxylic acid groups (broad SMARTS) is 1. The van der Waals surface area contributed by atoms with Gasteiger partial charge in [0.2, 0.25) is 0 Å². The second kappa shape index (κ2) is 6.92. The fourth-order valence-electron chi connectivity index (χ4n) is 1.82. The molecule has 0 unspecified atom stereocenters. The molecule has 1 aromatic rings. The Labute approximate surface area is 113 Å². The molecule has 0 saturated heterocycles. The Bertz CT molecular complexity index is 437. The van der Waals surface area contributed by atoms with E-state index in [0.29, 0.717) is 12.0 Å². The van der Waals surface area contributed by atoms with Crippen molar-refractivity contribution >= 4 is 11.9 Å². The van der Waals surface area contributed by atoms with Crippen LogP contribution in [0.15, 0.2) is 24.3 Å². The van der Waals surface area contributed by atoms with Gasteiger partial charge in [-0.15, -0.1) is 0 Å². The van der Waals surface area contributed by atoms with E-state index in [4.69, 9.17) is 0 Å². The molecule has 0 aliphatic carbocycles. The Morgan fingerprint density at radius 1 is 1.21 bits per heavy atom. The molecule has 0 radical (unpaired) electrons. The molecule has 0 saturated carbocycles. The maximum atomic E-state index is 11.9. The van der Waals surface area contributed by atoms with Crippen LogP contribution in [0.3, 0.4) is 0 Å². The first-order valence-electron chi connectivity index (χ1n) is 6.54. The fourth-order valence-corrected chi connectivity index (χ4v) is 1.82. The third-order valence-electron chi connectivity index (χ3n) is 2.92. The summed E-state index contributed by atoms with van der Waals surface area (Å²) in [5.74, 6) is -1.45. The summed E-state index contributed by atoms with van der Waals surface area (Å²) in [6.07, 6.45) is 1.26. The number of benzene rings is 1. The van der Waals surface area contributed by atoms with Crippen molar-refractivity contribution in [3.8, 4) is 0 Å². The van der Waals surface area contributed by atoms with Gasteiger partial charge in [0.25, 0.3) is 5.91 Å². The van der Waals surface area contributed by atoms with Crippen molar-refractivity contribution in [3.05, 3.63) is 35.4 Å². The van der Waals surface area contributed by atoms with Crippen LogP contribution in [0.2, 0.25) is 0 Å². The number of hydrogen-bond acceptors (Lipinski definition) is 3. The zero-order chi connectivity index (χ0) is 14.4. The van der Waals surface area contributed by atoms with Gasteiger partial charge in [0, 0.05) is 5.56 Å². The third kappa shape index (κ3) is 4.73. The highest BCUT2D eigenvalue weighted by Gasteiger charge is 2.16. The number of carbonyl (C=O) groups is 2. The summed E-state index contributed by atoms with van der Waals surface area (Å²) < 4.78 is 0. The van der Waals surface area contributed by atoms with E-state index in [1.807, 2.05) is 32.9 Å². The minimum atomic E-state index is -1.24. The van der Waals surface area contributed by atoms with Crippen molar-refractivity contribution in [2.75, 3.05) is 0 Å². The second-order valence-electron chi connectivity index (χ2n) is 5.03. The molecule has 19 heavy (non-hydrogen) atoms. The minimum Gasteiger partial charge on any atom is -0.548 e. The summed E-state index contributed by atoms with van der Waals surface area (Å²) in [4.78, 5) is 22.9. The summed E-state index contributed by atoms with van der Waals surface area (Å²) in [5, 5.41) is 13.5.